The lowest BCUT2D eigenvalue weighted by Gasteiger charge is -2.43. The van der Waals surface area contributed by atoms with Crippen molar-refractivity contribution in [3.63, 3.8) is 0 Å². The van der Waals surface area contributed by atoms with Gasteiger partial charge in [0.25, 0.3) is 0 Å². The summed E-state index contributed by atoms with van der Waals surface area (Å²) in [6.45, 7) is 4.98. The smallest absolute Gasteiger partial charge is 0.394 e. The van der Waals surface area contributed by atoms with E-state index in [1.807, 2.05) is 0 Å². The number of aryl methyl sites for hydroxylation is 1. The molecule has 0 unspecified atom stereocenters. The lowest BCUT2D eigenvalue weighted by atomic mass is 9.82. The molecule has 3 rings (SSSR count). The second kappa shape index (κ2) is 9.01. The van der Waals surface area contributed by atoms with Gasteiger partial charge in [0.2, 0.25) is 0 Å². The Morgan fingerprint density at radius 2 is 1.84 bits per heavy atom. The Labute approximate surface area is 176 Å². The lowest BCUT2D eigenvalue weighted by molar-refractivity contribution is -0.231. The van der Waals surface area contributed by atoms with E-state index in [1.165, 1.54) is 6.08 Å². The van der Waals surface area contributed by atoms with Gasteiger partial charge in [0.15, 0.2) is 5.69 Å². The molecule has 1 aromatic heterocycles. The van der Waals surface area contributed by atoms with Crippen molar-refractivity contribution in [2.45, 2.75) is 49.5 Å². The molecule has 7 nitrogen and oxygen atoms in total. The van der Waals surface area contributed by atoms with Crippen LogP contribution in [0.2, 0.25) is 0 Å². The highest BCUT2D eigenvalue weighted by molar-refractivity contribution is 5.60. The minimum absolute atomic E-state index is 0.255. The van der Waals surface area contributed by atoms with Gasteiger partial charge in [-0.15, -0.1) is 6.58 Å². The number of rotatable bonds is 5. The summed E-state index contributed by atoms with van der Waals surface area (Å²) in [6.07, 6.45) is -7.79. The number of aromatic nitrogens is 2. The summed E-state index contributed by atoms with van der Waals surface area (Å²) in [7, 11) is 0. The fourth-order valence-electron chi connectivity index (χ4n) is 3.70. The molecule has 4 N–H and O–H groups in total. The molecule has 1 fully saturated rings. The lowest BCUT2D eigenvalue weighted by Crippen LogP contribution is -2.59. The number of aliphatic hydroxyl groups is 4. The van der Waals surface area contributed by atoms with Crippen LogP contribution in [0.15, 0.2) is 43.2 Å². The van der Waals surface area contributed by atoms with Gasteiger partial charge >= 0.3 is 6.18 Å². The van der Waals surface area contributed by atoms with Gasteiger partial charge in [0.05, 0.1) is 30.8 Å². The normalized spacial score (nSPS) is 27.7. The molecule has 0 radical (unpaired) electrons. The molecule has 6 atom stereocenters. The molecular formula is C21H23F3N2O5. The van der Waals surface area contributed by atoms with Crippen LogP contribution in [0.1, 0.15) is 22.7 Å². The van der Waals surface area contributed by atoms with Gasteiger partial charge in [-0.1, -0.05) is 18.2 Å². The Morgan fingerprint density at radius 1 is 1.13 bits per heavy atom. The second-order valence-electron chi connectivity index (χ2n) is 7.41. The fraction of sp³-hybridized carbons (Fsp3) is 0.429. The highest BCUT2D eigenvalue weighted by Crippen LogP contribution is 2.35. The zero-order valence-electron chi connectivity index (χ0n) is 16.6. The molecule has 1 aromatic carbocycles. The average molecular weight is 440 g/mol. The van der Waals surface area contributed by atoms with Gasteiger partial charge in [-0.3, -0.25) is 4.98 Å². The van der Waals surface area contributed by atoms with Crippen molar-refractivity contribution in [3.05, 3.63) is 60.1 Å². The van der Waals surface area contributed by atoms with Crippen molar-refractivity contribution in [1.82, 2.24) is 9.97 Å². The van der Waals surface area contributed by atoms with E-state index in [4.69, 9.17) is 4.74 Å². The molecule has 2 heterocycles. The first kappa shape index (κ1) is 23.3. The molecule has 1 saturated heterocycles. The van der Waals surface area contributed by atoms with Crippen molar-refractivity contribution >= 4 is 0 Å². The standard InChI is InChI=1S/C21H23F3N2O5/c1-3-12(20-19(30)18(29)17(28)15(9-27)31-20)13-5-4-11(6-10(13)2)14-7-26-16(8-25-14)21(22,23)24/h3-8,12,15,17-20,27-30H,1,9H2,2H3/t12-,15-,17-,18+,19+,20-/m1/s1. The van der Waals surface area contributed by atoms with Crippen LogP contribution in [0.5, 0.6) is 0 Å². The third-order valence-corrected chi connectivity index (χ3v) is 5.40. The SMILES string of the molecule is C=C[C@H](c1ccc(-c2cnc(C(F)(F)F)cn2)cc1C)[C@H]1O[C@H](CO)[C@@H](O)[C@H](O)[C@@H]1O. The molecule has 0 saturated carbocycles. The first-order chi connectivity index (χ1) is 14.6. The van der Waals surface area contributed by atoms with E-state index in [0.717, 1.165) is 6.20 Å². The molecule has 168 valence electrons. The largest absolute Gasteiger partial charge is 0.434 e. The number of hydrogen-bond donors (Lipinski definition) is 4. The van der Waals surface area contributed by atoms with E-state index in [-0.39, 0.29) is 5.69 Å². The first-order valence-electron chi connectivity index (χ1n) is 9.51. The van der Waals surface area contributed by atoms with E-state index in [9.17, 15) is 33.6 Å². The molecule has 0 amide bonds. The number of nitrogens with zero attached hydrogens (tertiary/aromatic N) is 2. The summed E-state index contributed by atoms with van der Waals surface area (Å²) >= 11 is 0. The van der Waals surface area contributed by atoms with Crippen molar-refractivity contribution in [2.75, 3.05) is 6.61 Å². The van der Waals surface area contributed by atoms with Gasteiger partial charge in [-0.05, 0) is 24.1 Å². The summed E-state index contributed by atoms with van der Waals surface area (Å²) in [5.74, 6) is -0.598. The highest BCUT2D eigenvalue weighted by atomic mass is 19.4. The molecule has 0 bridgehead atoms. The Morgan fingerprint density at radius 3 is 2.35 bits per heavy atom. The summed E-state index contributed by atoms with van der Waals surface area (Å²) in [4.78, 5) is 7.25. The first-order valence-corrected chi connectivity index (χ1v) is 9.51. The van der Waals surface area contributed by atoms with Crippen molar-refractivity contribution < 1.29 is 38.3 Å². The number of halogens is 3. The molecular weight excluding hydrogens is 417 g/mol. The van der Waals surface area contributed by atoms with E-state index < -0.39 is 54.9 Å². The summed E-state index contributed by atoms with van der Waals surface area (Å²) in [5, 5.41) is 39.9. The van der Waals surface area contributed by atoms with Crippen LogP contribution < -0.4 is 0 Å². The summed E-state index contributed by atoms with van der Waals surface area (Å²) < 4.78 is 43.7. The molecule has 31 heavy (non-hydrogen) atoms. The predicted octanol–water partition coefficient (Wildman–Crippen LogP) is 1.58. The Hall–Kier alpha value is -2.37. The number of ether oxygens (including phenoxy) is 1. The van der Waals surface area contributed by atoms with Crippen LogP contribution in [0.25, 0.3) is 11.3 Å². The summed E-state index contributed by atoms with van der Waals surface area (Å²) in [6, 6.07) is 5.03. The van der Waals surface area contributed by atoms with Gasteiger partial charge in [0, 0.05) is 11.5 Å². The van der Waals surface area contributed by atoms with Gasteiger partial charge in [-0.2, -0.15) is 13.2 Å². The number of aliphatic hydroxyl groups excluding tert-OH is 4. The predicted molar refractivity (Wildman–Crippen MR) is 104 cm³/mol. The third kappa shape index (κ3) is 4.63. The van der Waals surface area contributed by atoms with Crippen LogP contribution in [0, 0.1) is 6.92 Å². The molecule has 0 aliphatic carbocycles. The van der Waals surface area contributed by atoms with Crippen LogP contribution in [-0.2, 0) is 10.9 Å². The summed E-state index contributed by atoms with van der Waals surface area (Å²) in [5.41, 5.74) is 1.10. The number of alkyl halides is 3. The van der Waals surface area contributed by atoms with Crippen LogP contribution >= 0.6 is 0 Å². The van der Waals surface area contributed by atoms with Crippen molar-refractivity contribution in [1.29, 1.82) is 0 Å². The Kier molecular flexibility index (Phi) is 6.77. The van der Waals surface area contributed by atoms with Crippen LogP contribution in [0.4, 0.5) is 13.2 Å². The van der Waals surface area contributed by atoms with E-state index >= 15 is 0 Å². The highest BCUT2D eigenvalue weighted by Gasteiger charge is 2.46. The van der Waals surface area contributed by atoms with Gasteiger partial charge in [-0.25, -0.2) is 4.98 Å². The Bertz CT molecular complexity index is 920. The second-order valence-corrected chi connectivity index (χ2v) is 7.41. The van der Waals surface area contributed by atoms with Crippen molar-refractivity contribution in [2.24, 2.45) is 0 Å². The van der Waals surface area contributed by atoms with Crippen molar-refractivity contribution in [3.8, 4) is 11.3 Å². The molecule has 10 heteroatoms. The minimum atomic E-state index is -4.58. The van der Waals surface area contributed by atoms with Gasteiger partial charge in [0.1, 0.15) is 24.4 Å². The fourth-order valence-corrected chi connectivity index (χ4v) is 3.70. The monoisotopic (exact) mass is 440 g/mol. The molecule has 0 spiro atoms. The Balaban J connectivity index is 1.89. The van der Waals surface area contributed by atoms with Crippen LogP contribution in [0.3, 0.4) is 0 Å². The van der Waals surface area contributed by atoms with Crippen LogP contribution in [-0.4, -0.2) is 67.5 Å². The number of benzene rings is 1. The number of hydrogen-bond acceptors (Lipinski definition) is 7. The van der Waals surface area contributed by atoms with E-state index in [1.54, 1.807) is 25.1 Å². The third-order valence-electron chi connectivity index (χ3n) is 5.40. The molecule has 1 aliphatic heterocycles. The molecule has 1 aliphatic rings. The zero-order valence-corrected chi connectivity index (χ0v) is 16.6. The maximum Gasteiger partial charge on any atom is 0.434 e. The topological polar surface area (TPSA) is 116 Å². The van der Waals surface area contributed by atoms with E-state index in [0.29, 0.717) is 22.9 Å². The molecule has 2 aromatic rings. The maximum atomic E-state index is 12.7. The average Bonchev–Trinajstić information content (AvgIpc) is 2.74. The zero-order chi connectivity index (χ0) is 22.9. The van der Waals surface area contributed by atoms with E-state index in [2.05, 4.69) is 16.5 Å². The minimum Gasteiger partial charge on any atom is -0.394 e. The maximum absolute atomic E-state index is 12.7. The van der Waals surface area contributed by atoms with Gasteiger partial charge < -0.3 is 25.2 Å². The quantitative estimate of drug-likeness (QED) is 0.522.